The summed E-state index contributed by atoms with van der Waals surface area (Å²) in [6, 6.07) is 9.76. The van der Waals surface area contributed by atoms with Gasteiger partial charge in [0.2, 0.25) is 5.89 Å². The van der Waals surface area contributed by atoms with Gasteiger partial charge < -0.3 is 15.0 Å². The molecular weight excluding hydrogens is 242 g/mol. The Morgan fingerprint density at radius 3 is 2.84 bits per heavy atom. The third kappa shape index (κ3) is 4.15. The molecule has 0 aliphatic carbocycles. The van der Waals surface area contributed by atoms with Gasteiger partial charge in [0.15, 0.2) is 5.82 Å². The second kappa shape index (κ2) is 7.01. The second-order valence-corrected chi connectivity index (χ2v) is 4.29. The highest BCUT2D eigenvalue weighted by Crippen LogP contribution is 2.14. The molecule has 1 aromatic carbocycles. The molecule has 0 fully saturated rings. The van der Waals surface area contributed by atoms with Crippen molar-refractivity contribution in [3.8, 4) is 0 Å². The zero-order valence-electron chi connectivity index (χ0n) is 11.1. The third-order valence-electron chi connectivity index (χ3n) is 2.77. The number of benzene rings is 1. The maximum absolute atomic E-state index is 6.07. The highest BCUT2D eigenvalue weighted by atomic mass is 16.5. The Hall–Kier alpha value is -1.72. The van der Waals surface area contributed by atoms with Gasteiger partial charge >= 0.3 is 0 Å². The fourth-order valence-corrected chi connectivity index (χ4v) is 1.78. The van der Waals surface area contributed by atoms with Gasteiger partial charge in [-0.05, 0) is 18.9 Å². The third-order valence-corrected chi connectivity index (χ3v) is 2.77. The van der Waals surface area contributed by atoms with E-state index in [1.54, 1.807) is 0 Å². The molecule has 2 N–H and O–H groups in total. The summed E-state index contributed by atoms with van der Waals surface area (Å²) in [5.74, 6) is 1.13. The molecule has 5 nitrogen and oxygen atoms in total. The van der Waals surface area contributed by atoms with Crippen LogP contribution in [0, 0.1) is 0 Å². The van der Waals surface area contributed by atoms with Gasteiger partial charge in [-0.25, -0.2) is 0 Å². The fourth-order valence-electron chi connectivity index (χ4n) is 1.78. The Balaban J connectivity index is 1.90. The highest BCUT2D eigenvalue weighted by Gasteiger charge is 2.15. The molecule has 0 amide bonds. The van der Waals surface area contributed by atoms with Gasteiger partial charge in [-0.2, -0.15) is 4.98 Å². The lowest BCUT2D eigenvalue weighted by Gasteiger charge is -2.05. The lowest BCUT2D eigenvalue weighted by Crippen LogP contribution is -2.14. The molecule has 0 saturated heterocycles. The van der Waals surface area contributed by atoms with Crippen molar-refractivity contribution in [2.45, 2.75) is 25.8 Å². The number of nitrogens with zero attached hydrogens (tertiary/aromatic N) is 2. The van der Waals surface area contributed by atoms with E-state index in [1.165, 1.54) is 0 Å². The zero-order valence-corrected chi connectivity index (χ0v) is 11.1. The van der Waals surface area contributed by atoms with Crippen LogP contribution < -0.4 is 5.73 Å². The predicted octanol–water partition coefficient (Wildman–Crippen LogP) is 1.89. The van der Waals surface area contributed by atoms with Crippen molar-refractivity contribution in [1.82, 2.24) is 10.1 Å². The summed E-state index contributed by atoms with van der Waals surface area (Å²) in [6.45, 7) is 3.25. The highest BCUT2D eigenvalue weighted by molar-refractivity contribution is 5.16. The quantitative estimate of drug-likeness (QED) is 0.770. The summed E-state index contributed by atoms with van der Waals surface area (Å²) in [5.41, 5.74) is 7.22. The van der Waals surface area contributed by atoms with Gasteiger partial charge in [0.1, 0.15) is 0 Å². The molecular formula is C14H19N3O2. The summed E-state index contributed by atoms with van der Waals surface area (Å²) < 4.78 is 10.4. The molecule has 2 aromatic rings. The van der Waals surface area contributed by atoms with E-state index >= 15 is 0 Å². The summed E-state index contributed by atoms with van der Waals surface area (Å²) in [7, 11) is 0. The first-order valence-corrected chi connectivity index (χ1v) is 6.49. The van der Waals surface area contributed by atoms with E-state index in [0.29, 0.717) is 37.8 Å². The van der Waals surface area contributed by atoms with Gasteiger partial charge in [0.25, 0.3) is 0 Å². The van der Waals surface area contributed by atoms with Crippen LogP contribution in [-0.2, 0) is 17.6 Å². The number of rotatable bonds is 7. The first-order chi connectivity index (χ1) is 9.29. The first-order valence-electron chi connectivity index (χ1n) is 6.49. The van der Waals surface area contributed by atoms with Crippen molar-refractivity contribution in [3.63, 3.8) is 0 Å². The van der Waals surface area contributed by atoms with Crippen LogP contribution in [0.5, 0.6) is 0 Å². The van der Waals surface area contributed by atoms with Crippen LogP contribution >= 0.6 is 0 Å². The van der Waals surface area contributed by atoms with Crippen LogP contribution in [-0.4, -0.2) is 23.4 Å². The SMILES string of the molecule is CCOCCc1noc(C(N)Cc2ccccc2)n1. The molecule has 0 aliphatic heterocycles. The first kappa shape index (κ1) is 13.7. The summed E-state index contributed by atoms with van der Waals surface area (Å²) in [5, 5.41) is 3.90. The molecule has 0 aliphatic rings. The summed E-state index contributed by atoms with van der Waals surface area (Å²) >= 11 is 0. The van der Waals surface area contributed by atoms with E-state index in [1.807, 2.05) is 37.3 Å². The largest absolute Gasteiger partial charge is 0.381 e. The molecule has 0 saturated carbocycles. The molecule has 1 aromatic heterocycles. The molecule has 0 radical (unpaired) electrons. The Labute approximate surface area is 112 Å². The molecule has 1 atom stereocenters. The lowest BCUT2D eigenvalue weighted by atomic mass is 10.1. The van der Waals surface area contributed by atoms with E-state index in [9.17, 15) is 0 Å². The van der Waals surface area contributed by atoms with Crippen LogP contribution in [0.2, 0.25) is 0 Å². The minimum absolute atomic E-state index is 0.268. The van der Waals surface area contributed by atoms with E-state index in [2.05, 4.69) is 10.1 Å². The number of hydrogen-bond acceptors (Lipinski definition) is 5. The smallest absolute Gasteiger partial charge is 0.243 e. The lowest BCUT2D eigenvalue weighted by molar-refractivity contribution is 0.149. The minimum Gasteiger partial charge on any atom is -0.381 e. The number of nitrogens with two attached hydrogens (primary N) is 1. The summed E-state index contributed by atoms with van der Waals surface area (Å²) in [4.78, 5) is 4.30. The zero-order chi connectivity index (χ0) is 13.5. The van der Waals surface area contributed by atoms with Crippen molar-refractivity contribution in [3.05, 3.63) is 47.6 Å². The van der Waals surface area contributed by atoms with Gasteiger partial charge in [-0.15, -0.1) is 0 Å². The minimum atomic E-state index is -0.268. The van der Waals surface area contributed by atoms with Crippen molar-refractivity contribution >= 4 is 0 Å². The molecule has 0 spiro atoms. The molecule has 2 rings (SSSR count). The molecule has 19 heavy (non-hydrogen) atoms. The Morgan fingerprint density at radius 1 is 1.32 bits per heavy atom. The van der Waals surface area contributed by atoms with Gasteiger partial charge in [0.05, 0.1) is 12.6 Å². The van der Waals surface area contributed by atoms with E-state index in [0.717, 1.165) is 5.56 Å². The topological polar surface area (TPSA) is 74.2 Å². The van der Waals surface area contributed by atoms with Gasteiger partial charge in [-0.1, -0.05) is 35.5 Å². The number of hydrogen-bond donors (Lipinski definition) is 1. The van der Waals surface area contributed by atoms with Crippen LogP contribution in [0.4, 0.5) is 0 Å². The molecule has 1 unspecified atom stereocenters. The average molecular weight is 261 g/mol. The fraction of sp³-hybridized carbons (Fsp3) is 0.429. The molecule has 102 valence electrons. The van der Waals surface area contributed by atoms with Crippen molar-refractivity contribution in [2.24, 2.45) is 5.73 Å². The standard InChI is InChI=1S/C14H19N3O2/c1-2-18-9-8-13-16-14(19-17-13)12(15)10-11-6-4-3-5-7-11/h3-7,12H,2,8-10,15H2,1H3. The Kier molecular flexibility index (Phi) is 5.06. The van der Waals surface area contributed by atoms with Gasteiger partial charge in [0, 0.05) is 13.0 Å². The number of ether oxygens (including phenoxy) is 1. The monoisotopic (exact) mass is 261 g/mol. The van der Waals surface area contributed by atoms with Crippen molar-refractivity contribution in [2.75, 3.05) is 13.2 Å². The molecule has 5 heteroatoms. The summed E-state index contributed by atoms with van der Waals surface area (Å²) in [6.07, 6.45) is 1.34. The Bertz CT molecular complexity index is 484. The van der Waals surface area contributed by atoms with Crippen molar-refractivity contribution < 1.29 is 9.26 Å². The van der Waals surface area contributed by atoms with E-state index in [4.69, 9.17) is 15.0 Å². The van der Waals surface area contributed by atoms with Crippen LogP contribution in [0.1, 0.15) is 30.2 Å². The van der Waals surface area contributed by atoms with Crippen LogP contribution in [0.15, 0.2) is 34.9 Å². The number of aromatic nitrogens is 2. The van der Waals surface area contributed by atoms with Crippen LogP contribution in [0.25, 0.3) is 0 Å². The van der Waals surface area contributed by atoms with E-state index in [-0.39, 0.29) is 6.04 Å². The van der Waals surface area contributed by atoms with Crippen molar-refractivity contribution in [1.29, 1.82) is 0 Å². The maximum Gasteiger partial charge on any atom is 0.243 e. The maximum atomic E-state index is 6.07. The molecule has 1 heterocycles. The average Bonchev–Trinajstić information content (AvgIpc) is 2.89. The predicted molar refractivity (Wildman–Crippen MR) is 71.6 cm³/mol. The normalized spacial score (nSPS) is 12.5. The Morgan fingerprint density at radius 2 is 2.11 bits per heavy atom. The van der Waals surface area contributed by atoms with Gasteiger partial charge in [-0.3, -0.25) is 0 Å². The van der Waals surface area contributed by atoms with E-state index < -0.39 is 0 Å². The second-order valence-electron chi connectivity index (χ2n) is 4.29. The molecule has 0 bridgehead atoms. The van der Waals surface area contributed by atoms with Crippen LogP contribution in [0.3, 0.4) is 0 Å².